The van der Waals surface area contributed by atoms with Gasteiger partial charge in [-0.05, 0) is 57.7 Å². The number of nitrogens with zero attached hydrogens (tertiary/aromatic N) is 3. The third kappa shape index (κ3) is 5.24. The molecule has 1 unspecified atom stereocenters. The van der Waals surface area contributed by atoms with Gasteiger partial charge in [0.25, 0.3) is 0 Å². The van der Waals surface area contributed by atoms with Crippen LogP contribution in [0.25, 0.3) is 0 Å². The van der Waals surface area contributed by atoms with Crippen LogP contribution in [0.5, 0.6) is 0 Å². The van der Waals surface area contributed by atoms with Crippen LogP contribution < -0.4 is 15.1 Å². The molecule has 0 spiro atoms. The number of nitrogens with one attached hydrogen (secondary N) is 1. The number of sulfonamides is 1. The minimum absolute atomic E-state index is 0.0979. The summed E-state index contributed by atoms with van der Waals surface area (Å²) in [6.45, 7) is 5.50. The fourth-order valence-electron chi connectivity index (χ4n) is 4.09. The third-order valence-electron chi connectivity index (χ3n) is 5.78. The molecular formula is C22H34N4O5S. The average molecular weight is 467 g/mol. The Hall–Kier alpha value is -2.17. The zero-order chi connectivity index (χ0) is 23.5. The van der Waals surface area contributed by atoms with Gasteiger partial charge in [0.15, 0.2) is 0 Å². The lowest BCUT2D eigenvalue weighted by Gasteiger charge is -2.45. The Balaban J connectivity index is 1.83. The smallest absolute Gasteiger partial charge is 0.250 e. The molecule has 0 saturated carbocycles. The molecule has 0 bridgehead atoms. The lowest BCUT2D eigenvalue weighted by molar-refractivity contribution is -0.125. The molecule has 1 saturated heterocycles. The van der Waals surface area contributed by atoms with Crippen molar-refractivity contribution in [2.75, 3.05) is 50.1 Å². The maximum absolute atomic E-state index is 13.3. The molecule has 1 fully saturated rings. The zero-order valence-electron chi connectivity index (χ0n) is 19.3. The van der Waals surface area contributed by atoms with E-state index in [9.17, 15) is 18.0 Å². The SMILES string of the molecule is CC(C)OCCCNC(=O)CN1C(=O)C2CCCCN2c2ccc(S(=O)(=O)N(C)C)cc21. The van der Waals surface area contributed by atoms with Crippen molar-refractivity contribution in [2.24, 2.45) is 0 Å². The van der Waals surface area contributed by atoms with Crippen LogP contribution in [0.1, 0.15) is 39.5 Å². The molecule has 2 aliphatic heterocycles. The molecule has 2 heterocycles. The largest absolute Gasteiger partial charge is 0.379 e. The third-order valence-corrected chi connectivity index (χ3v) is 7.59. The maximum Gasteiger partial charge on any atom is 0.250 e. The number of fused-ring (bicyclic) bond motifs is 3. The summed E-state index contributed by atoms with van der Waals surface area (Å²) in [6, 6.07) is 4.52. The Morgan fingerprint density at radius 1 is 1.25 bits per heavy atom. The van der Waals surface area contributed by atoms with Crippen molar-refractivity contribution in [3.8, 4) is 0 Å². The molecule has 1 N–H and O–H groups in total. The first-order valence-corrected chi connectivity index (χ1v) is 12.6. The van der Waals surface area contributed by atoms with E-state index in [0.717, 1.165) is 35.8 Å². The monoisotopic (exact) mass is 466 g/mol. The van der Waals surface area contributed by atoms with Crippen molar-refractivity contribution in [3.05, 3.63) is 18.2 Å². The quantitative estimate of drug-likeness (QED) is 0.555. The molecule has 0 radical (unpaired) electrons. The molecule has 178 valence electrons. The normalized spacial score (nSPS) is 18.7. The second-order valence-electron chi connectivity index (χ2n) is 8.69. The van der Waals surface area contributed by atoms with Gasteiger partial charge in [-0.15, -0.1) is 0 Å². The molecular weight excluding hydrogens is 432 g/mol. The number of ether oxygens (including phenoxy) is 1. The van der Waals surface area contributed by atoms with E-state index in [1.165, 1.54) is 25.1 Å². The fourth-order valence-corrected chi connectivity index (χ4v) is 5.01. The molecule has 0 aliphatic carbocycles. The van der Waals surface area contributed by atoms with Crippen LogP contribution in [-0.2, 0) is 24.3 Å². The maximum atomic E-state index is 13.3. The van der Waals surface area contributed by atoms with Gasteiger partial charge in [0.05, 0.1) is 22.4 Å². The summed E-state index contributed by atoms with van der Waals surface area (Å²) in [4.78, 5) is 29.5. The lowest BCUT2D eigenvalue weighted by atomic mass is 9.96. The van der Waals surface area contributed by atoms with E-state index in [1.54, 1.807) is 12.1 Å². The summed E-state index contributed by atoms with van der Waals surface area (Å²) >= 11 is 0. The summed E-state index contributed by atoms with van der Waals surface area (Å²) in [5.74, 6) is -0.436. The minimum atomic E-state index is -3.67. The highest BCUT2D eigenvalue weighted by atomic mass is 32.2. The van der Waals surface area contributed by atoms with Gasteiger partial charge in [0.1, 0.15) is 12.6 Å². The van der Waals surface area contributed by atoms with Crippen LogP contribution >= 0.6 is 0 Å². The van der Waals surface area contributed by atoms with Gasteiger partial charge in [-0.25, -0.2) is 12.7 Å². The van der Waals surface area contributed by atoms with Crippen LogP contribution in [0, 0.1) is 0 Å². The highest BCUT2D eigenvalue weighted by Crippen LogP contribution is 2.40. The highest BCUT2D eigenvalue weighted by Gasteiger charge is 2.40. The minimum Gasteiger partial charge on any atom is -0.379 e. The fraction of sp³-hybridized carbons (Fsp3) is 0.636. The number of amides is 2. The van der Waals surface area contributed by atoms with Crippen LogP contribution in [0.4, 0.5) is 11.4 Å². The number of benzene rings is 1. The van der Waals surface area contributed by atoms with Crippen LogP contribution in [0.15, 0.2) is 23.1 Å². The van der Waals surface area contributed by atoms with Crippen molar-refractivity contribution in [1.82, 2.24) is 9.62 Å². The molecule has 2 aliphatic rings. The van der Waals surface area contributed by atoms with Crippen molar-refractivity contribution >= 4 is 33.2 Å². The second-order valence-corrected chi connectivity index (χ2v) is 10.8. The average Bonchev–Trinajstić information content (AvgIpc) is 2.75. The Morgan fingerprint density at radius 2 is 2.00 bits per heavy atom. The van der Waals surface area contributed by atoms with Crippen LogP contribution in [0.2, 0.25) is 0 Å². The molecule has 32 heavy (non-hydrogen) atoms. The number of piperidine rings is 1. The molecule has 10 heteroatoms. The van der Waals surface area contributed by atoms with Crippen molar-refractivity contribution in [2.45, 2.75) is 56.6 Å². The van der Waals surface area contributed by atoms with Gasteiger partial charge in [-0.1, -0.05) is 0 Å². The lowest BCUT2D eigenvalue weighted by Crippen LogP contribution is -2.57. The van der Waals surface area contributed by atoms with E-state index >= 15 is 0 Å². The van der Waals surface area contributed by atoms with Gasteiger partial charge in [0, 0.05) is 33.8 Å². The van der Waals surface area contributed by atoms with Crippen molar-refractivity contribution in [1.29, 1.82) is 0 Å². The first-order chi connectivity index (χ1) is 15.1. The molecule has 3 rings (SSSR count). The summed E-state index contributed by atoms with van der Waals surface area (Å²) in [6.07, 6.45) is 3.46. The summed E-state index contributed by atoms with van der Waals surface area (Å²) in [7, 11) is -0.740. The van der Waals surface area contributed by atoms with Gasteiger partial charge >= 0.3 is 0 Å². The van der Waals surface area contributed by atoms with E-state index in [2.05, 4.69) is 5.32 Å². The molecule has 0 aromatic heterocycles. The van der Waals surface area contributed by atoms with Gasteiger partial charge in [-0.3, -0.25) is 14.5 Å². The van der Waals surface area contributed by atoms with E-state index < -0.39 is 10.0 Å². The predicted molar refractivity (Wildman–Crippen MR) is 123 cm³/mol. The number of rotatable bonds is 9. The molecule has 1 aromatic rings. The summed E-state index contributed by atoms with van der Waals surface area (Å²) in [5, 5.41) is 2.84. The number of carbonyl (C=O) groups excluding carboxylic acids is 2. The second kappa shape index (κ2) is 10.2. The Kier molecular flexibility index (Phi) is 7.79. The molecule has 1 aromatic carbocycles. The first kappa shape index (κ1) is 24.5. The van der Waals surface area contributed by atoms with Crippen molar-refractivity contribution in [3.63, 3.8) is 0 Å². The van der Waals surface area contributed by atoms with Crippen LogP contribution in [0.3, 0.4) is 0 Å². The van der Waals surface area contributed by atoms with E-state index in [-0.39, 0.29) is 35.4 Å². The molecule has 1 atom stereocenters. The van der Waals surface area contributed by atoms with E-state index in [4.69, 9.17) is 4.74 Å². The topological polar surface area (TPSA) is 99.3 Å². The van der Waals surface area contributed by atoms with Gasteiger partial charge < -0.3 is 15.0 Å². The molecule has 9 nitrogen and oxygen atoms in total. The number of hydrogen-bond donors (Lipinski definition) is 1. The summed E-state index contributed by atoms with van der Waals surface area (Å²) < 4.78 is 32.0. The first-order valence-electron chi connectivity index (χ1n) is 11.2. The van der Waals surface area contributed by atoms with E-state index in [0.29, 0.717) is 25.3 Å². The number of carbonyl (C=O) groups is 2. The van der Waals surface area contributed by atoms with Gasteiger partial charge in [-0.2, -0.15) is 0 Å². The highest BCUT2D eigenvalue weighted by molar-refractivity contribution is 7.89. The zero-order valence-corrected chi connectivity index (χ0v) is 20.2. The predicted octanol–water partition coefficient (Wildman–Crippen LogP) is 1.57. The Labute approximate surface area is 190 Å². The number of hydrogen-bond acceptors (Lipinski definition) is 6. The van der Waals surface area contributed by atoms with Gasteiger partial charge in [0.2, 0.25) is 21.8 Å². The van der Waals surface area contributed by atoms with Crippen LogP contribution in [-0.4, -0.2) is 77.0 Å². The standard InChI is InChI=1S/C22H34N4O5S/c1-16(2)31-13-7-11-23-21(27)15-26-20-14-17(32(29,30)24(3)4)9-10-18(20)25-12-6-5-8-19(25)22(26)28/h9-10,14,16,19H,5-8,11-13,15H2,1-4H3,(H,23,27). The summed E-state index contributed by atoms with van der Waals surface area (Å²) in [5.41, 5.74) is 1.26. The number of anilines is 2. The Morgan fingerprint density at radius 3 is 2.69 bits per heavy atom. The Bertz CT molecular complexity index is 948. The van der Waals surface area contributed by atoms with Crippen molar-refractivity contribution < 1.29 is 22.7 Å². The molecule has 2 amide bonds. The van der Waals surface area contributed by atoms with E-state index in [1.807, 2.05) is 18.7 Å².